The third kappa shape index (κ3) is 4.20. The first-order valence-electron chi connectivity index (χ1n) is 9.04. The van der Waals surface area contributed by atoms with Gasteiger partial charge >= 0.3 is 0 Å². The summed E-state index contributed by atoms with van der Waals surface area (Å²) in [7, 11) is 0. The Bertz CT molecular complexity index is 916. The molecule has 0 saturated heterocycles. The third-order valence-corrected chi connectivity index (χ3v) is 4.80. The summed E-state index contributed by atoms with van der Waals surface area (Å²) < 4.78 is 12.1. The zero-order valence-electron chi connectivity index (χ0n) is 16.0. The maximum atomic E-state index is 11.8. The number of rotatable bonds is 7. The van der Waals surface area contributed by atoms with Crippen LogP contribution < -0.4 is 9.47 Å². The number of hydrogen-bond donors (Lipinski definition) is 0. The van der Waals surface area contributed by atoms with E-state index >= 15 is 0 Å². The zero-order valence-corrected chi connectivity index (χ0v) is 16.0. The number of carbonyl (C=O) groups excluding carboxylic acids is 1. The number of ether oxygens (including phenoxy) is 2. The third-order valence-electron chi connectivity index (χ3n) is 4.80. The first kappa shape index (κ1) is 18.7. The van der Waals surface area contributed by atoms with E-state index in [1.807, 2.05) is 81.4 Å². The molecule has 0 N–H and O–H groups in total. The van der Waals surface area contributed by atoms with E-state index in [4.69, 9.17) is 9.47 Å². The molecule has 3 aromatic rings. The summed E-state index contributed by atoms with van der Waals surface area (Å²) in [6.07, 6.45) is 0.859. The molecule has 0 aliphatic rings. The molecule has 3 nitrogen and oxygen atoms in total. The number of aldehydes is 1. The molecule has 0 aromatic heterocycles. The van der Waals surface area contributed by atoms with E-state index < -0.39 is 0 Å². The van der Waals surface area contributed by atoms with Gasteiger partial charge in [-0.15, -0.1) is 0 Å². The Hall–Kier alpha value is -3.07. The van der Waals surface area contributed by atoms with Gasteiger partial charge in [-0.25, -0.2) is 0 Å². The van der Waals surface area contributed by atoms with Gasteiger partial charge in [-0.05, 0) is 43.0 Å². The van der Waals surface area contributed by atoms with Crippen molar-refractivity contribution >= 4 is 6.29 Å². The highest BCUT2D eigenvalue weighted by molar-refractivity contribution is 5.85. The molecule has 0 amide bonds. The van der Waals surface area contributed by atoms with Gasteiger partial charge < -0.3 is 9.47 Å². The summed E-state index contributed by atoms with van der Waals surface area (Å²) in [5.74, 6) is 1.39. The van der Waals surface area contributed by atoms with Crippen LogP contribution in [0.1, 0.15) is 38.2 Å². The molecule has 0 atom stereocenters. The maximum Gasteiger partial charge on any atom is 0.154 e. The molecule has 0 aliphatic carbocycles. The van der Waals surface area contributed by atoms with Gasteiger partial charge in [-0.1, -0.05) is 60.7 Å². The van der Waals surface area contributed by atoms with Gasteiger partial charge in [0, 0.05) is 5.56 Å². The second-order valence-electron chi connectivity index (χ2n) is 6.61. The van der Waals surface area contributed by atoms with Gasteiger partial charge in [-0.2, -0.15) is 0 Å². The van der Waals surface area contributed by atoms with Crippen LogP contribution in [0.2, 0.25) is 0 Å². The summed E-state index contributed by atoms with van der Waals surface area (Å²) in [6.45, 7) is 6.77. The quantitative estimate of drug-likeness (QED) is 0.516. The normalized spacial score (nSPS) is 10.5. The van der Waals surface area contributed by atoms with E-state index in [1.54, 1.807) is 0 Å². The molecule has 0 spiro atoms. The van der Waals surface area contributed by atoms with E-state index in [2.05, 4.69) is 0 Å². The van der Waals surface area contributed by atoms with Crippen molar-refractivity contribution in [1.82, 2.24) is 0 Å². The van der Waals surface area contributed by atoms with E-state index in [-0.39, 0.29) is 0 Å². The number of hydrogen-bond acceptors (Lipinski definition) is 3. The lowest BCUT2D eigenvalue weighted by molar-refractivity contribution is 0.111. The Labute approximate surface area is 160 Å². The Morgan fingerprint density at radius 2 is 1.11 bits per heavy atom. The number of carbonyl (C=O) groups is 1. The van der Waals surface area contributed by atoms with Crippen LogP contribution in [0.4, 0.5) is 0 Å². The molecule has 0 fully saturated rings. The minimum absolute atomic E-state index is 0.422. The average Bonchev–Trinajstić information content (AvgIpc) is 2.71. The predicted molar refractivity (Wildman–Crippen MR) is 108 cm³/mol. The van der Waals surface area contributed by atoms with Crippen molar-refractivity contribution in [2.75, 3.05) is 0 Å². The Kier molecular flexibility index (Phi) is 5.92. The van der Waals surface area contributed by atoms with Gasteiger partial charge in [0.2, 0.25) is 0 Å². The highest BCUT2D eigenvalue weighted by Gasteiger charge is 2.19. The molecule has 3 heteroatoms. The van der Waals surface area contributed by atoms with Crippen LogP contribution in [-0.4, -0.2) is 6.29 Å². The van der Waals surface area contributed by atoms with Crippen molar-refractivity contribution in [2.24, 2.45) is 0 Å². The second kappa shape index (κ2) is 8.54. The molecule has 0 aliphatic heterocycles. The van der Waals surface area contributed by atoms with Crippen molar-refractivity contribution in [2.45, 2.75) is 34.0 Å². The van der Waals surface area contributed by atoms with Crippen molar-refractivity contribution in [3.63, 3.8) is 0 Å². The van der Waals surface area contributed by atoms with Crippen molar-refractivity contribution in [3.8, 4) is 11.5 Å². The maximum absolute atomic E-state index is 11.8. The minimum Gasteiger partial charge on any atom is -0.488 e. The largest absolute Gasteiger partial charge is 0.488 e. The lowest BCUT2D eigenvalue weighted by Gasteiger charge is -2.20. The smallest absolute Gasteiger partial charge is 0.154 e. The second-order valence-corrected chi connectivity index (χ2v) is 6.61. The van der Waals surface area contributed by atoms with Gasteiger partial charge in [0.1, 0.15) is 24.7 Å². The first-order valence-corrected chi connectivity index (χ1v) is 9.04. The monoisotopic (exact) mass is 360 g/mol. The minimum atomic E-state index is 0.422. The van der Waals surface area contributed by atoms with Gasteiger partial charge in [-0.3, -0.25) is 4.79 Å². The fourth-order valence-electron chi connectivity index (χ4n) is 3.12. The molecule has 27 heavy (non-hydrogen) atoms. The molecule has 0 saturated carbocycles. The average molecular weight is 360 g/mol. The van der Waals surface area contributed by atoms with Crippen molar-refractivity contribution in [1.29, 1.82) is 0 Å². The Morgan fingerprint density at radius 3 is 1.59 bits per heavy atom. The van der Waals surface area contributed by atoms with Crippen molar-refractivity contribution in [3.05, 3.63) is 94.0 Å². The van der Waals surface area contributed by atoms with E-state index in [1.165, 1.54) is 0 Å². The van der Waals surface area contributed by atoms with E-state index in [0.29, 0.717) is 24.5 Å². The molecular formula is C24H24O3. The van der Waals surface area contributed by atoms with Crippen LogP contribution >= 0.6 is 0 Å². The van der Waals surface area contributed by atoms with E-state index in [0.717, 1.165) is 39.9 Å². The molecule has 3 aromatic carbocycles. The summed E-state index contributed by atoms with van der Waals surface area (Å²) >= 11 is 0. The predicted octanol–water partition coefficient (Wildman–Crippen LogP) is 5.58. The molecule has 0 radical (unpaired) electrons. The lowest BCUT2D eigenvalue weighted by Crippen LogP contribution is -2.07. The number of benzene rings is 3. The topological polar surface area (TPSA) is 35.5 Å². The van der Waals surface area contributed by atoms with Crippen LogP contribution in [0.3, 0.4) is 0 Å². The lowest BCUT2D eigenvalue weighted by atomic mass is 9.98. The van der Waals surface area contributed by atoms with Gasteiger partial charge in [0.25, 0.3) is 0 Å². The summed E-state index contributed by atoms with van der Waals surface area (Å²) in [5, 5.41) is 0. The summed E-state index contributed by atoms with van der Waals surface area (Å²) in [6, 6.07) is 19.9. The van der Waals surface area contributed by atoms with Crippen LogP contribution in [0, 0.1) is 20.8 Å². The van der Waals surface area contributed by atoms with Crippen LogP contribution in [0.25, 0.3) is 0 Å². The van der Waals surface area contributed by atoms with Crippen LogP contribution in [0.15, 0.2) is 60.7 Å². The Morgan fingerprint density at radius 1 is 0.667 bits per heavy atom. The van der Waals surface area contributed by atoms with Crippen LogP contribution in [0.5, 0.6) is 11.5 Å². The fourth-order valence-corrected chi connectivity index (χ4v) is 3.12. The molecule has 0 bridgehead atoms. The standard InChI is InChI=1S/C24H24O3/c1-17-18(2)24(27-16-21-12-8-5-9-13-21)22(14-25)19(3)23(17)26-15-20-10-6-4-7-11-20/h4-14H,15-16H2,1-3H3. The van der Waals surface area contributed by atoms with Crippen LogP contribution in [-0.2, 0) is 13.2 Å². The highest BCUT2D eigenvalue weighted by Crippen LogP contribution is 2.37. The van der Waals surface area contributed by atoms with E-state index in [9.17, 15) is 4.79 Å². The summed E-state index contributed by atoms with van der Waals surface area (Å²) in [5.41, 5.74) is 5.45. The van der Waals surface area contributed by atoms with Crippen molar-refractivity contribution < 1.29 is 14.3 Å². The SMILES string of the molecule is Cc1c(C)c(OCc2ccccc2)c(C=O)c(C)c1OCc1ccccc1. The zero-order chi connectivity index (χ0) is 19.2. The molecule has 3 rings (SSSR count). The van der Waals surface area contributed by atoms with Gasteiger partial charge in [0.05, 0.1) is 5.56 Å². The van der Waals surface area contributed by atoms with Gasteiger partial charge in [0.15, 0.2) is 6.29 Å². The Balaban J connectivity index is 1.88. The first-order chi connectivity index (χ1) is 13.1. The highest BCUT2D eigenvalue weighted by atomic mass is 16.5. The summed E-state index contributed by atoms with van der Waals surface area (Å²) in [4.78, 5) is 11.8. The molecule has 138 valence electrons. The molecule has 0 heterocycles. The molecular weight excluding hydrogens is 336 g/mol. The molecule has 0 unspecified atom stereocenters. The fraction of sp³-hybridized carbons (Fsp3) is 0.208.